The van der Waals surface area contributed by atoms with Gasteiger partial charge in [0.25, 0.3) is 5.91 Å². The van der Waals surface area contributed by atoms with E-state index in [1.807, 2.05) is 49.4 Å². The first kappa shape index (κ1) is 20.1. The number of anilines is 1. The van der Waals surface area contributed by atoms with Gasteiger partial charge in [-0.3, -0.25) is 9.69 Å². The minimum Gasteiger partial charge on any atom is -0.423 e. The number of aryl methyl sites for hydroxylation is 1. The number of benzene rings is 3. The highest BCUT2D eigenvalue weighted by molar-refractivity contribution is 8.27. The van der Waals surface area contributed by atoms with Crippen molar-refractivity contribution in [3.05, 3.63) is 100 Å². The normalized spacial score (nSPS) is 15.0. The van der Waals surface area contributed by atoms with Crippen LogP contribution in [0.3, 0.4) is 0 Å². The van der Waals surface area contributed by atoms with Crippen LogP contribution in [0.25, 0.3) is 6.08 Å². The van der Waals surface area contributed by atoms with Gasteiger partial charge < -0.3 is 4.74 Å². The summed E-state index contributed by atoms with van der Waals surface area (Å²) in [4.78, 5) is 27.2. The number of carbonyl (C=O) groups is 2. The molecule has 1 heterocycles. The molecule has 1 saturated heterocycles. The lowest BCUT2D eigenvalue weighted by Crippen LogP contribution is -2.27. The third kappa shape index (κ3) is 4.35. The summed E-state index contributed by atoms with van der Waals surface area (Å²) < 4.78 is 5.93. The van der Waals surface area contributed by atoms with Crippen LogP contribution in [0, 0.1) is 6.92 Å². The van der Waals surface area contributed by atoms with Crippen LogP contribution in [-0.2, 0) is 4.79 Å². The van der Waals surface area contributed by atoms with E-state index in [2.05, 4.69) is 0 Å². The average molecular weight is 432 g/mol. The topological polar surface area (TPSA) is 46.6 Å². The Bertz CT molecular complexity index is 1150. The molecule has 1 aliphatic heterocycles. The summed E-state index contributed by atoms with van der Waals surface area (Å²) in [6.07, 6.45) is 1.79. The Hall–Kier alpha value is -3.22. The molecule has 6 heteroatoms. The Labute approximate surface area is 184 Å². The SMILES string of the molecule is Cc1cccc(C(=O)Oc2ccc(/C=C3/SC(=S)N(c4ccccc4)C3=O)cc2)c1. The lowest BCUT2D eigenvalue weighted by Gasteiger charge is -2.13. The first-order valence-electron chi connectivity index (χ1n) is 9.23. The molecule has 0 aliphatic carbocycles. The van der Waals surface area contributed by atoms with Gasteiger partial charge in [-0.1, -0.05) is 72.0 Å². The predicted molar refractivity (Wildman–Crippen MR) is 125 cm³/mol. The number of amides is 1. The molecule has 4 nitrogen and oxygen atoms in total. The van der Waals surface area contributed by atoms with Gasteiger partial charge in [0.1, 0.15) is 5.75 Å². The Kier molecular flexibility index (Phi) is 5.79. The number of esters is 1. The van der Waals surface area contributed by atoms with Crippen molar-refractivity contribution >= 4 is 51.9 Å². The summed E-state index contributed by atoms with van der Waals surface area (Å²) in [6.45, 7) is 1.92. The minimum atomic E-state index is -0.407. The van der Waals surface area contributed by atoms with Crippen LogP contribution in [0.2, 0.25) is 0 Å². The summed E-state index contributed by atoms with van der Waals surface area (Å²) in [7, 11) is 0. The monoisotopic (exact) mass is 431 g/mol. The molecule has 1 amide bonds. The number of ether oxygens (including phenoxy) is 1. The molecule has 1 fully saturated rings. The van der Waals surface area contributed by atoms with E-state index in [0.717, 1.165) is 16.8 Å². The summed E-state index contributed by atoms with van der Waals surface area (Å²) in [6, 6.07) is 23.6. The molecule has 0 N–H and O–H groups in total. The molecule has 148 valence electrons. The quantitative estimate of drug-likeness (QED) is 0.232. The highest BCUT2D eigenvalue weighted by atomic mass is 32.2. The van der Waals surface area contributed by atoms with E-state index in [4.69, 9.17) is 17.0 Å². The largest absolute Gasteiger partial charge is 0.423 e. The number of carbonyl (C=O) groups excluding carboxylic acids is 2. The van der Waals surface area contributed by atoms with Crippen LogP contribution in [0.4, 0.5) is 5.69 Å². The van der Waals surface area contributed by atoms with Crippen LogP contribution in [0.1, 0.15) is 21.5 Å². The maximum absolute atomic E-state index is 12.8. The summed E-state index contributed by atoms with van der Waals surface area (Å²) in [5.74, 6) is -0.114. The molecule has 1 aliphatic rings. The van der Waals surface area contributed by atoms with Crippen LogP contribution < -0.4 is 9.64 Å². The zero-order chi connectivity index (χ0) is 21.1. The van der Waals surface area contributed by atoms with Gasteiger partial charge in [0, 0.05) is 0 Å². The maximum atomic E-state index is 12.8. The van der Waals surface area contributed by atoms with E-state index in [1.165, 1.54) is 16.7 Å². The van der Waals surface area contributed by atoms with Gasteiger partial charge in [0.15, 0.2) is 4.32 Å². The molecular weight excluding hydrogens is 414 g/mol. The fraction of sp³-hybridized carbons (Fsp3) is 0.0417. The third-order valence-corrected chi connectivity index (χ3v) is 5.75. The van der Waals surface area contributed by atoms with Crippen molar-refractivity contribution in [3.63, 3.8) is 0 Å². The van der Waals surface area contributed by atoms with Gasteiger partial charge in [-0.2, -0.15) is 0 Å². The highest BCUT2D eigenvalue weighted by Gasteiger charge is 2.33. The summed E-state index contributed by atoms with van der Waals surface area (Å²) in [5.41, 5.74) is 3.07. The molecular formula is C24H17NO3S2. The average Bonchev–Trinajstić information content (AvgIpc) is 3.03. The van der Waals surface area contributed by atoms with E-state index in [1.54, 1.807) is 42.5 Å². The van der Waals surface area contributed by atoms with Crippen LogP contribution in [0.5, 0.6) is 5.75 Å². The van der Waals surface area contributed by atoms with E-state index >= 15 is 0 Å². The molecule has 3 aromatic carbocycles. The van der Waals surface area contributed by atoms with Crippen LogP contribution >= 0.6 is 24.0 Å². The van der Waals surface area contributed by atoms with Crippen molar-refractivity contribution < 1.29 is 14.3 Å². The predicted octanol–water partition coefficient (Wildman–Crippen LogP) is 5.62. The summed E-state index contributed by atoms with van der Waals surface area (Å²) in [5, 5.41) is 0. The molecule has 0 aromatic heterocycles. The molecule has 0 radical (unpaired) electrons. The van der Waals surface area contributed by atoms with Gasteiger partial charge in [-0.15, -0.1) is 0 Å². The first-order chi connectivity index (χ1) is 14.5. The number of rotatable bonds is 4. The molecule has 3 aromatic rings. The van der Waals surface area contributed by atoms with E-state index < -0.39 is 5.97 Å². The van der Waals surface area contributed by atoms with Crippen molar-refractivity contribution in [2.24, 2.45) is 0 Å². The molecule has 30 heavy (non-hydrogen) atoms. The van der Waals surface area contributed by atoms with Crippen molar-refractivity contribution in [3.8, 4) is 5.75 Å². The maximum Gasteiger partial charge on any atom is 0.343 e. The lowest BCUT2D eigenvalue weighted by molar-refractivity contribution is -0.113. The van der Waals surface area contributed by atoms with Gasteiger partial charge in [-0.25, -0.2) is 4.79 Å². The van der Waals surface area contributed by atoms with E-state index in [-0.39, 0.29) is 5.91 Å². The summed E-state index contributed by atoms with van der Waals surface area (Å²) >= 11 is 6.65. The molecule has 0 bridgehead atoms. The smallest absolute Gasteiger partial charge is 0.343 e. The van der Waals surface area contributed by atoms with E-state index in [0.29, 0.717) is 20.5 Å². The minimum absolute atomic E-state index is 0.147. The second-order valence-corrected chi connectivity index (χ2v) is 8.36. The molecule has 0 spiro atoms. The Morgan fingerprint density at radius 3 is 2.43 bits per heavy atom. The number of hydrogen-bond donors (Lipinski definition) is 0. The fourth-order valence-corrected chi connectivity index (χ4v) is 4.29. The van der Waals surface area contributed by atoms with Crippen LogP contribution in [0.15, 0.2) is 83.8 Å². The number of nitrogens with zero attached hydrogens (tertiary/aromatic N) is 1. The number of para-hydroxylation sites is 1. The van der Waals surface area contributed by atoms with Crippen molar-refractivity contribution in [2.45, 2.75) is 6.92 Å². The zero-order valence-corrected chi connectivity index (χ0v) is 17.7. The molecule has 0 atom stereocenters. The second-order valence-electron chi connectivity index (χ2n) is 6.68. The third-order valence-electron chi connectivity index (χ3n) is 4.45. The standard InChI is InChI=1S/C24H17NO3S2/c1-16-6-5-7-18(14-16)23(27)28-20-12-10-17(11-13-20)15-21-22(26)25(24(29)30-21)19-8-3-2-4-9-19/h2-15H,1H3/b21-15+. The van der Waals surface area contributed by atoms with Gasteiger partial charge >= 0.3 is 5.97 Å². The molecule has 4 rings (SSSR count). The number of thiocarbonyl (C=S) groups is 1. The Morgan fingerprint density at radius 1 is 1.00 bits per heavy atom. The van der Waals surface area contributed by atoms with Crippen molar-refractivity contribution in [1.82, 2.24) is 0 Å². The molecule has 0 saturated carbocycles. The highest BCUT2D eigenvalue weighted by Crippen LogP contribution is 2.36. The Balaban J connectivity index is 1.48. The van der Waals surface area contributed by atoms with Crippen molar-refractivity contribution in [1.29, 1.82) is 0 Å². The Morgan fingerprint density at radius 2 is 1.73 bits per heavy atom. The first-order valence-corrected chi connectivity index (χ1v) is 10.5. The van der Waals surface area contributed by atoms with Gasteiger partial charge in [0.05, 0.1) is 16.2 Å². The van der Waals surface area contributed by atoms with Gasteiger partial charge in [0.2, 0.25) is 0 Å². The lowest BCUT2D eigenvalue weighted by atomic mass is 10.1. The molecule has 0 unspecified atom stereocenters. The van der Waals surface area contributed by atoms with Crippen molar-refractivity contribution in [2.75, 3.05) is 4.90 Å². The zero-order valence-electron chi connectivity index (χ0n) is 16.1. The number of thioether (sulfide) groups is 1. The van der Waals surface area contributed by atoms with Gasteiger partial charge in [-0.05, 0) is 55.0 Å². The second kappa shape index (κ2) is 8.65. The number of hydrogen-bond acceptors (Lipinski definition) is 5. The fourth-order valence-electron chi connectivity index (χ4n) is 2.99. The van der Waals surface area contributed by atoms with Crippen LogP contribution in [-0.4, -0.2) is 16.2 Å². The van der Waals surface area contributed by atoms with E-state index in [9.17, 15) is 9.59 Å².